The Morgan fingerprint density at radius 1 is 1.15 bits per heavy atom. The van der Waals surface area contributed by atoms with Gasteiger partial charge in [-0.1, -0.05) is 51.2 Å². The molecule has 112 valence electrons. The van der Waals surface area contributed by atoms with Gasteiger partial charge in [0.25, 0.3) is 0 Å². The van der Waals surface area contributed by atoms with Crippen LogP contribution in [-0.2, 0) is 4.74 Å². The maximum absolute atomic E-state index is 10.8. The third-order valence-corrected chi connectivity index (χ3v) is 4.02. The van der Waals surface area contributed by atoms with Crippen LogP contribution < -0.4 is 0 Å². The Labute approximate surface area is 134 Å². The summed E-state index contributed by atoms with van der Waals surface area (Å²) in [6.07, 6.45) is 6.40. The molecule has 0 bridgehead atoms. The molecule has 0 aliphatic carbocycles. The molecule has 1 unspecified atom stereocenters. The van der Waals surface area contributed by atoms with Gasteiger partial charge in [-0.15, -0.1) is 0 Å². The summed E-state index contributed by atoms with van der Waals surface area (Å²) in [6, 6.07) is 7.86. The standard InChI is InChI=1S/C16H23IO3/c1-2-3-4-5-6-7-8-15(20-16(18)19)13-9-11-14(17)12-10-13/h9-12,15H,2-8H2,1H3,(H,18,19). The SMILES string of the molecule is CCCCCCCCC(OC(=O)O)c1ccc(I)cc1. The number of hydrogen-bond acceptors (Lipinski definition) is 2. The number of unbranched alkanes of at least 4 members (excludes halogenated alkanes) is 5. The van der Waals surface area contributed by atoms with E-state index in [9.17, 15) is 4.79 Å². The predicted molar refractivity (Wildman–Crippen MR) is 89.0 cm³/mol. The molecule has 20 heavy (non-hydrogen) atoms. The van der Waals surface area contributed by atoms with Gasteiger partial charge in [-0.3, -0.25) is 0 Å². The van der Waals surface area contributed by atoms with Crippen LogP contribution in [0.4, 0.5) is 4.79 Å². The van der Waals surface area contributed by atoms with Crippen LogP contribution >= 0.6 is 22.6 Å². The van der Waals surface area contributed by atoms with Crippen LogP contribution in [0.25, 0.3) is 0 Å². The van der Waals surface area contributed by atoms with Crippen molar-refractivity contribution in [3.05, 3.63) is 33.4 Å². The summed E-state index contributed by atoms with van der Waals surface area (Å²) in [7, 11) is 0. The average molecular weight is 390 g/mol. The Morgan fingerprint density at radius 3 is 2.35 bits per heavy atom. The molecule has 0 aromatic heterocycles. The number of rotatable bonds is 9. The number of hydrogen-bond donors (Lipinski definition) is 1. The molecule has 0 heterocycles. The summed E-state index contributed by atoms with van der Waals surface area (Å²) in [4.78, 5) is 10.8. The zero-order valence-corrected chi connectivity index (χ0v) is 14.1. The zero-order chi connectivity index (χ0) is 14.8. The van der Waals surface area contributed by atoms with Crippen molar-refractivity contribution in [1.82, 2.24) is 0 Å². The fraction of sp³-hybridized carbons (Fsp3) is 0.562. The summed E-state index contributed by atoms with van der Waals surface area (Å²) in [6.45, 7) is 2.20. The fourth-order valence-corrected chi connectivity index (χ4v) is 2.56. The van der Waals surface area contributed by atoms with E-state index in [2.05, 4.69) is 29.5 Å². The van der Waals surface area contributed by atoms with E-state index in [1.807, 2.05) is 24.3 Å². The van der Waals surface area contributed by atoms with E-state index in [-0.39, 0.29) is 6.10 Å². The smallest absolute Gasteiger partial charge is 0.450 e. The second-order valence-electron chi connectivity index (χ2n) is 4.98. The Bertz CT molecular complexity index is 389. The molecular formula is C16H23IO3. The Balaban J connectivity index is 2.44. The highest BCUT2D eigenvalue weighted by molar-refractivity contribution is 14.1. The first-order valence-corrected chi connectivity index (χ1v) is 8.36. The molecule has 0 spiro atoms. The van der Waals surface area contributed by atoms with Crippen LogP contribution in [0.3, 0.4) is 0 Å². The predicted octanol–water partition coefficient (Wildman–Crippen LogP) is 5.78. The minimum absolute atomic E-state index is 0.337. The highest BCUT2D eigenvalue weighted by atomic mass is 127. The van der Waals surface area contributed by atoms with Gasteiger partial charge in [-0.05, 0) is 53.1 Å². The highest BCUT2D eigenvalue weighted by Crippen LogP contribution is 2.25. The lowest BCUT2D eigenvalue weighted by molar-refractivity contribution is 0.0464. The molecule has 0 radical (unpaired) electrons. The molecule has 0 saturated carbocycles. The van der Waals surface area contributed by atoms with Crippen LogP contribution in [0.5, 0.6) is 0 Å². The molecule has 1 N–H and O–H groups in total. The first-order chi connectivity index (χ1) is 9.63. The third-order valence-electron chi connectivity index (χ3n) is 3.30. The fourth-order valence-electron chi connectivity index (χ4n) is 2.20. The number of benzene rings is 1. The lowest BCUT2D eigenvalue weighted by Crippen LogP contribution is -2.09. The second kappa shape index (κ2) is 10.0. The van der Waals surface area contributed by atoms with Gasteiger partial charge in [-0.25, -0.2) is 4.79 Å². The number of halogens is 1. The summed E-state index contributed by atoms with van der Waals surface area (Å²) in [5.74, 6) is 0. The van der Waals surface area contributed by atoms with Gasteiger partial charge >= 0.3 is 6.16 Å². The molecular weight excluding hydrogens is 367 g/mol. The van der Waals surface area contributed by atoms with Crippen LogP contribution in [0.1, 0.15) is 63.5 Å². The average Bonchev–Trinajstić information content (AvgIpc) is 2.42. The largest absolute Gasteiger partial charge is 0.506 e. The maximum Gasteiger partial charge on any atom is 0.506 e. The molecule has 1 aromatic rings. The van der Waals surface area contributed by atoms with Gasteiger partial charge in [-0.2, -0.15) is 0 Å². The van der Waals surface area contributed by atoms with Crippen LogP contribution in [0.2, 0.25) is 0 Å². The molecule has 0 fully saturated rings. The van der Waals surface area contributed by atoms with E-state index < -0.39 is 6.16 Å². The van der Waals surface area contributed by atoms with Gasteiger partial charge in [0.05, 0.1) is 0 Å². The molecule has 4 heteroatoms. The van der Waals surface area contributed by atoms with E-state index in [0.29, 0.717) is 0 Å². The summed E-state index contributed by atoms with van der Waals surface area (Å²) < 4.78 is 6.16. The summed E-state index contributed by atoms with van der Waals surface area (Å²) in [5.41, 5.74) is 0.946. The first kappa shape index (κ1) is 17.3. The second-order valence-corrected chi connectivity index (χ2v) is 6.23. The van der Waals surface area contributed by atoms with Gasteiger partial charge in [0, 0.05) is 3.57 Å². The van der Waals surface area contributed by atoms with Crippen LogP contribution in [-0.4, -0.2) is 11.3 Å². The molecule has 0 aliphatic heterocycles. The lowest BCUT2D eigenvalue weighted by Gasteiger charge is -2.16. The maximum atomic E-state index is 10.8. The van der Waals surface area contributed by atoms with Crippen molar-refractivity contribution >= 4 is 28.7 Å². The van der Waals surface area contributed by atoms with Crippen molar-refractivity contribution in [2.75, 3.05) is 0 Å². The lowest BCUT2D eigenvalue weighted by atomic mass is 10.0. The number of carbonyl (C=O) groups is 1. The molecule has 1 aromatic carbocycles. The first-order valence-electron chi connectivity index (χ1n) is 7.28. The normalized spacial score (nSPS) is 12.1. The van der Waals surface area contributed by atoms with E-state index in [0.717, 1.165) is 28.4 Å². The van der Waals surface area contributed by atoms with Gasteiger partial charge < -0.3 is 9.84 Å². The van der Waals surface area contributed by atoms with E-state index >= 15 is 0 Å². The summed E-state index contributed by atoms with van der Waals surface area (Å²) in [5, 5.41) is 8.85. The van der Waals surface area contributed by atoms with Crippen LogP contribution in [0.15, 0.2) is 24.3 Å². The van der Waals surface area contributed by atoms with E-state index in [4.69, 9.17) is 9.84 Å². The zero-order valence-electron chi connectivity index (χ0n) is 12.0. The van der Waals surface area contributed by atoms with Crippen LogP contribution in [0, 0.1) is 3.57 Å². The van der Waals surface area contributed by atoms with Gasteiger partial charge in [0.15, 0.2) is 0 Å². The van der Waals surface area contributed by atoms with Crippen molar-refractivity contribution < 1.29 is 14.6 Å². The van der Waals surface area contributed by atoms with Crippen molar-refractivity contribution in [2.45, 2.75) is 58.0 Å². The van der Waals surface area contributed by atoms with E-state index in [1.54, 1.807) is 0 Å². The number of ether oxygens (including phenoxy) is 1. The molecule has 1 atom stereocenters. The molecule has 0 saturated heterocycles. The minimum atomic E-state index is -1.19. The molecule has 0 amide bonds. The quantitative estimate of drug-likeness (QED) is 0.330. The van der Waals surface area contributed by atoms with E-state index in [1.165, 1.54) is 25.7 Å². The highest BCUT2D eigenvalue weighted by Gasteiger charge is 2.15. The Hall–Kier alpha value is -0.780. The topological polar surface area (TPSA) is 46.5 Å². The van der Waals surface area contributed by atoms with Crippen molar-refractivity contribution in [3.8, 4) is 0 Å². The van der Waals surface area contributed by atoms with Crippen molar-refractivity contribution in [1.29, 1.82) is 0 Å². The van der Waals surface area contributed by atoms with Crippen molar-refractivity contribution in [3.63, 3.8) is 0 Å². The van der Waals surface area contributed by atoms with Crippen molar-refractivity contribution in [2.24, 2.45) is 0 Å². The molecule has 3 nitrogen and oxygen atoms in total. The monoisotopic (exact) mass is 390 g/mol. The summed E-state index contributed by atoms with van der Waals surface area (Å²) >= 11 is 2.24. The Kier molecular flexibility index (Phi) is 8.65. The third kappa shape index (κ3) is 7.12. The minimum Gasteiger partial charge on any atom is -0.450 e. The van der Waals surface area contributed by atoms with Gasteiger partial charge in [0.1, 0.15) is 6.10 Å². The number of carboxylic acid groups (broad SMARTS) is 1. The Morgan fingerprint density at radius 2 is 1.75 bits per heavy atom. The van der Waals surface area contributed by atoms with Gasteiger partial charge in [0.2, 0.25) is 0 Å². The molecule has 1 rings (SSSR count). The molecule has 0 aliphatic rings.